The first-order chi connectivity index (χ1) is 11.0. The van der Waals surface area contributed by atoms with Gasteiger partial charge in [-0.1, -0.05) is 35.3 Å². The minimum absolute atomic E-state index is 0.0370. The van der Waals surface area contributed by atoms with Gasteiger partial charge in [-0.3, -0.25) is 9.69 Å². The number of rotatable bonds is 3. The molecule has 1 aliphatic heterocycles. The van der Waals surface area contributed by atoms with E-state index in [4.69, 9.17) is 27.9 Å². The summed E-state index contributed by atoms with van der Waals surface area (Å²) in [5.41, 5.74) is 0.467. The van der Waals surface area contributed by atoms with E-state index in [1.807, 2.05) is 4.90 Å². The first-order valence-electron chi connectivity index (χ1n) is 7.05. The summed E-state index contributed by atoms with van der Waals surface area (Å²) in [5.74, 6) is -0.284. The normalized spacial score (nSPS) is 19.0. The maximum absolute atomic E-state index is 13.0. The summed E-state index contributed by atoms with van der Waals surface area (Å²) in [5, 5.41) is 4.10. The zero-order valence-electron chi connectivity index (χ0n) is 12.1. The number of nitrogens with zero attached hydrogens (tertiary/aromatic N) is 3. The molecule has 1 unspecified atom stereocenters. The Kier molecular flexibility index (Phi) is 4.96. The van der Waals surface area contributed by atoms with Crippen LogP contribution in [0.5, 0.6) is 0 Å². The van der Waals surface area contributed by atoms with Crippen molar-refractivity contribution in [3.8, 4) is 0 Å². The van der Waals surface area contributed by atoms with Gasteiger partial charge in [0.25, 0.3) is 5.56 Å². The van der Waals surface area contributed by atoms with Crippen LogP contribution in [0.1, 0.15) is 11.7 Å². The molecule has 5 nitrogen and oxygen atoms in total. The van der Waals surface area contributed by atoms with Crippen LogP contribution in [0.3, 0.4) is 0 Å². The third-order valence-corrected chi connectivity index (χ3v) is 4.42. The second kappa shape index (κ2) is 6.97. The van der Waals surface area contributed by atoms with E-state index in [-0.39, 0.29) is 28.6 Å². The molecular formula is C15H14Cl2FN3O2. The lowest BCUT2D eigenvalue weighted by molar-refractivity contribution is -0.0422. The molecule has 1 fully saturated rings. The number of benzene rings is 1. The molecule has 3 rings (SSSR count). The number of hydrogen-bond acceptors (Lipinski definition) is 4. The first kappa shape index (κ1) is 16.4. The van der Waals surface area contributed by atoms with Crippen LogP contribution in [0.15, 0.2) is 35.3 Å². The van der Waals surface area contributed by atoms with E-state index in [9.17, 15) is 9.18 Å². The van der Waals surface area contributed by atoms with Crippen LogP contribution in [0.25, 0.3) is 0 Å². The van der Waals surface area contributed by atoms with Crippen LogP contribution in [-0.2, 0) is 11.4 Å². The van der Waals surface area contributed by atoms with Gasteiger partial charge in [-0.2, -0.15) is 5.10 Å². The van der Waals surface area contributed by atoms with Crippen LogP contribution in [0.4, 0.5) is 4.39 Å². The Labute approximate surface area is 142 Å². The molecule has 1 atom stereocenters. The molecular weight excluding hydrogens is 344 g/mol. The Morgan fingerprint density at radius 3 is 2.78 bits per heavy atom. The molecule has 0 bridgehead atoms. The lowest BCUT2D eigenvalue weighted by Crippen LogP contribution is -2.42. The van der Waals surface area contributed by atoms with Gasteiger partial charge in [-0.05, 0) is 17.7 Å². The fourth-order valence-electron chi connectivity index (χ4n) is 2.45. The summed E-state index contributed by atoms with van der Waals surface area (Å²) < 4.78 is 20.0. The second-order valence-corrected chi connectivity index (χ2v) is 6.03. The maximum Gasteiger partial charge on any atom is 0.288 e. The van der Waals surface area contributed by atoms with E-state index in [1.165, 1.54) is 23.0 Å². The standard InChI is InChI=1S/C15H14Cl2FN3O2/c16-12-7-19-21(15(22)14(12)17)9-20-5-6-23-13(8-20)10-1-3-11(18)4-2-10/h1-4,7,13H,5-6,8-9H2. The average Bonchev–Trinajstić information content (AvgIpc) is 2.56. The quantitative estimate of drug-likeness (QED) is 0.847. The molecule has 1 aromatic carbocycles. The highest BCUT2D eigenvalue weighted by Gasteiger charge is 2.23. The molecule has 1 saturated heterocycles. The number of ether oxygens (including phenoxy) is 1. The van der Waals surface area contributed by atoms with Gasteiger partial charge < -0.3 is 4.74 Å². The fraction of sp³-hybridized carbons (Fsp3) is 0.333. The lowest BCUT2D eigenvalue weighted by Gasteiger charge is -2.33. The summed E-state index contributed by atoms with van der Waals surface area (Å²) in [4.78, 5) is 14.1. The van der Waals surface area contributed by atoms with Crippen molar-refractivity contribution in [3.63, 3.8) is 0 Å². The predicted molar refractivity (Wildman–Crippen MR) is 85.2 cm³/mol. The highest BCUT2D eigenvalue weighted by molar-refractivity contribution is 6.41. The SMILES string of the molecule is O=c1c(Cl)c(Cl)cnn1CN1CCOC(c2ccc(F)cc2)C1. The minimum Gasteiger partial charge on any atom is -0.371 e. The van der Waals surface area contributed by atoms with Crippen molar-refractivity contribution in [2.45, 2.75) is 12.8 Å². The molecule has 1 aromatic heterocycles. The summed E-state index contributed by atoms with van der Waals surface area (Å²) in [6.07, 6.45) is 1.17. The Hall–Kier alpha value is -1.47. The smallest absolute Gasteiger partial charge is 0.288 e. The van der Waals surface area contributed by atoms with Gasteiger partial charge in [-0.15, -0.1) is 0 Å². The average molecular weight is 358 g/mol. The Bertz CT molecular complexity index is 751. The van der Waals surface area contributed by atoms with Crippen LogP contribution in [-0.4, -0.2) is 34.4 Å². The topological polar surface area (TPSA) is 47.4 Å². The Morgan fingerprint density at radius 1 is 1.30 bits per heavy atom. The Morgan fingerprint density at radius 2 is 2.04 bits per heavy atom. The van der Waals surface area contributed by atoms with E-state index in [2.05, 4.69) is 5.10 Å². The molecule has 2 aromatic rings. The van der Waals surface area contributed by atoms with Gasteiger partial charge in [0, 0.05) is 13.1 Å². The highest BCUT2D eigenvalue weighted by atomic mass is 35.5. The molecule has 8 heteroatoms. The van der Waals surface area contributed by atoms with Crippen molar-refractivity contribution in [1.82, 2.24) is 14.7 Å². The Balaban J connectivity index is 1.73. The van der Waals surface area contributed by atoms with Crippen LogP contribution in [0, 0.1) is 5.82 Å². The molecule has 0 N–H and O–H groups in total. The fourth-order valence-corrected chi connectivity index (χ4v) is 2.72. The molecule has 1 aliphatic rings. The second-order valence-electron chi connectivity index (χ2n) is 5.24. The van der Waals surface area contributed by atoms with Gasteiger partial charge in [-0.25, -0.2) is 9.07 Å². The van der Waals surface area contributed by atoms with Crippen molar-refractivity contribution >= 4 is 23.2 Å². The van der Waals surface area contributed by atoms with E-state index in [1.54, 1.807) is 12.1 Å². The van der Waals surface area contributed by atoms with Crippen molar-refractivity contribution in [1.29, 1.82) is 0 Å². The van der Waals surface area contributed by atoms with E-state index < -0.39 is 5.56 Å². The molecule has 122 valence electrons. The number of halogens is 3. The van der Waals surface area contributed by atoms with Gasteiger partial charge in [0.2, 0.25) is 0 Å². The van der Waals surface area contributed by atoms with E-state index >= 15 is 0 Å². The van der Waals surface area contributed by atoms with Crippen LogP contribution in [0.2, 0.25) is 10.0 Å². The molecule has 23 heavy (non-hydrogen) atoms. The van der Waals surface area contributed by atoms with Crippen molar-refractivity contribution in [3.05, 3.63) is 62.2 Å². The lowest BCUT2D eigenvalue weighted by atomic mass is 10.1. The summed E-state index contributed by atoms with van der Waals surface area (Å²) in [7, 11) is 0. The van der Waals surface area contributed by atoms with Crippen molar-refractivity contribution in [2.75, 3.05) is 19.7 Å². The van der Waals surface area contributed by atoms with Gasteiger partial charge in [0.1, 0.15) is 10.8 Å². The summed E-state index contributed by atoms with van der Waals surface area (Å²) in [6, 6.07) is 6.21. The molecule has 0 aliphatic carbocycles. The van der Waals surface area contributed by atoms with Crippen molar-refractivity contribution in [2.24, 2.45) is 0 Å². The summed E-state index contributed by atoms with van der Waals surface area (Å²) >= 11 is 11.6. The van der Waals surface area contributed by atoms with Crippen molar-refractivity contribution < 1.29 is 9.13 Å². The van der Waals surface area contributed by atoms with Crippen LogP contribution < -0.4 is 5.56 Å². The minimum atomic E-state index is -0.427. The van der Waals surface area contributed by atoms with Gasteiger partial charge in [0.15, 0.2) is 0 Å². The predicted octanol–water partition coefficient (Wildman–Crippen LogP) is 2.72. The third-order valence-electron chi connectivity index (χ3n) is 3.67. The monoisotopic (exact) mass is 357 g/mol. The zero-order chi connectivity index (χ0) is 16.4. The third kappa shape index (κ3) is 3.72. The van der Waals surface area contributed by atoms with E-state index in [0.717, 1.165) is 5.56 Å². The summed E-state index contributed by atoms with van der Waals surface area (Å²) in [6.45, 7) is 2.03. The maximum atomic E-state index is 13.0. The number of aromatic nitrogens is 2. The van der Waals surface area contributed by atoms with Crippen LogP contribution >= 0.6 is 23.2 Å². The molecule has 0 radical (unpaired) electrons. The largest absolute Gasteiger partial charge is 0.371 e. The zero-order valence-corrected chi connectivity index (χ0v) is 13.6. The van der Waals surface area contributed by atoms with Gasteiger partial charge >= 0.3 is 0 Å². The molecule has 0 amide bonds. The number of morpholine rings is 1. The van der Waals surface area contributed by atoms with E-state index in [0.29, 0.717) is 19.7 Å². The molecule has 2 heterocycles. The highest BCUT2D eigenvalue weighted by Crippen LogP contribution is 2.22. The first-order valence-corrected chi connectivity index (χ1v) is 7.81. The van der Waals surface area contributed by atoms with Gasteiger partial charge in [0.05, 0.1) is 30.6 Å². The number of hydrogen-bond donors (Lipinski definition) is 0. The molecule has 0 saturated carbocycles. The molecule has 0 spiro atoms.